The molecule has 4 N–H and O–H groups in total. The number of carboxylic acids is 2. The van der Waals surface area contributed by atoms with Crippen molar-refractivity contribution in [3.05, 3.63) is 18.4 Å². The minimum Gasteiger partial charge on any atom is -0.480 e. The first-order valence-electron chi connectivity index (χ1n) is 3.71. The fourth-order valence-electron chi connectivity index (χ4n) is 0.407. The number of nitrogens with zero attached hydrogens (tertiary/aromatic N) is 1. The van der Waals surface area contributed by atoms with Crippen molar-refractivity contribution in [3.8, 4) is 0 Å². The molecule has 0 saturated heterocycles. The van der Waals surface area contributed by atoms with Crippen molar-refractivity contribution in [1.82, 2.24) is 4.98 Å². The van der Waals surface area contributed by atoms with E-state index < -0.39 is 18.0 Å². The molecule has 84 valence electrons. The van der Waals surface area contributed by atoms with Crippen molar-refractivity contribution in [2.45, 2.75) is 6.04 Å². The summed E-state index contributed by atoms with van der Waals surface area (Å²) in [5.74, 6) is -2.23. The number of carbonyl (C=O) groups is 2. The lowest BCUT2D eigenvalue weighted by atomic mass is 10.4. The van der Waals surface area contributed by atoms with Gasteiger partial charge in [0.1, 0.15) is 12.3 Å². The zero-order valence-electron chi connectivity index (χ0n) is 7.53. The van der Waals surface area contributed by atoms with Crippen LogP contribution in [0.1, 0.15) is 10.7 Å². The van der Waals surface area contributed by atoms with E-state index in [1.165, 1.54) is 12.5 Å². The fraction of sp³-hybridized carbons (Fsp3) is 0.286. The summed E-state index contributed by atoms with van der Waals surface area (Å²) in [6.07, 6.45) is 2.49. The van der Waals surface area contributed by atoms with Gasteiger partial charge in [0.2, 0.25) is 0 Å². The third-order valence-electron chi connectivity index (χ3n) is 1.13. The lowest BCUT2D eigenvalue weighted by Gasteiger charge is -1.96. The topological polar surface area (TPSA) is 127 Å². The zero-order valence-corrected chi connectivity index (χ0v) is 8.42. The summed E-state index contributed by atoms with van der Waals surface area (Å²) in [4.78, 5) is 23.0. The second-order valence-corrected chi connectivity index (χ2v) is 2.63. The zero-order chi connectivity index (χ0) is 11.8. The Kier molecular flexibility index (Phi) is 6.14. The lowest BCUT2D eigenvalue weighted by Crippen LogP contribution is -2.31. The van der Waals surface area contributed by atoms with Gasteiger partial charge in [-0.2, -0.15) is 12.6 Å². The van der Waals surface area contributed by atoms with Crippen LogP contribution in [0.2, 0.25) is 0 Å². The molecule has 8 heteroatoms. The van der Waals surface area contributed by atoms with Crippen LogP contribution in [0.5, 0.6) is 0 Å². The Morgan fingerprint density at radius 1 is 1.60 bits per heavy atom. The molecular weight excluding hydrogens is 224 g/mol. The van der Waals surface area contributed by atoms with Crippen LogP contribution in [0.3, 0.4) is 0 Å². The van der Waals surface area contributed by atoms with E-state index in [1.807, 2.05) is 0 Å². The second kappa shape index (κ2) is 6.85. The van der Waals surface area contributed by atoms with Gasteiger partial charge in [0.05, 0.1) is 6.20 Å². The Bertz CT molecular complexity index is 313. The van der Waals surface area contributed by atoms with Gasteiger partial charge in [-0.05, 0) is 0 Å². The molecule has 0 aliphatic heterocycles. The first-order chi connectivity index (χ1) is 6.99. The lowest BCUT2D eigenvalue weighted by molar-refractivity contribution is -0.137. The molecule has 0 aromatic carbocycles. The number of nitrogens with two attached hydrogens (primary N) is 1. The average Bonchev–Trinajstić information content (AvgIpc) is 2.70. The van der Waals surface area contributed by atoms with Crippen molar-refractivity contribution in [3.63, 3.8) is 0 Å². The third-order valence-corrected chi connectivity index (χ3v) is 1.52. The molecule has 1 rings (SSSR count). The normalized spacial score (nSPS) is 11.1. The highest BCUT2D eigenvalue weighted by Gasteiger charge is 2.06. The van der Waals surface area contributed by atoms with Crippen molar-refractivity contribution in [2.24, 2.45) is 5.73 Å². The largest absolute Gasteiger partial charge is 0.480 e. The minimum atomic E-state index is -1.14. The SMILES string of the molecule is N[C@@H](CS)C(=O)O.O=C(O)c1ncco1. The van der Waals surface area contributed by atoms with E-state index in [2.05, 4.69) is 22.0 Å². The van der Waals surface area contributed by atoms with Gasteiger partial charge in [-0.25, -0.2) is 9.78 Å². The van der Waals surface area contributed by atoms with Crippen molar-refractivity contribution in [1.29, 1.82) is 0 Å². The maximum Gasteiger partial charge on any atom is 0.392 e. The fourth-order valence-corrected chi connectivity index (χ4v) is 0.563. The van der Waals surface area contributed by atoms with Crippen LogP contribution in [0.25, 0.3) is 0 Å². The molecule has 0 aliphatic rings. The molecule has 1 heterocycles. The Morgan fingerprint density at radius 2 is 2.20 bits per heavy atom. The first kappa shape index (κ1) is 13.5. The van der Waals surface area contributed by atoms with Gasteiger partial charge in [0.15, 0.2) is 0 Å². The van der Waals surface area contributed by atoms with Crippen LogP contribution in [-0.2, 0) is 4.79 Å². The highest BCUT2D eigenvalue weighted by Crippen LogP contribution is 1.91. The molecule has 0 unspecified atom stereocenters. The number of oxazole rings is 1. The monoisotopic (exact) mass is 234 g/mol. The van der Waals surface area contributed by atoms with Gasteiger partial charge in [-0.15, -0.1) is 0 Å². The molecule has 1 atom stereocenters. The number of hydrogen-bond acceptors (Lipinski definition) is 6. The summed E-state index contributed by atoms with van der Waals surface area (Å²) in [7, 11) is 0. The smallest absolute Gasteiger partial charge is 0.392 e. The molecule has 1 aromatic heterocycles. The Hall–Kier alpha value is -1.54. The molecule has 1 aromatic rings. The summed E-state index contributed by atoms with van der Waals surface area (Å²) >= 11 is 3.65. The number of aliphatic carboxylic acids is 1. The van der Waals surface area contributed by atoms with Crippen LogP contribution in [0.4, 0.5) is 0 Å². The molecule has 0 fully saturated rings. The number of thiol groups is 1. The van der Waals surface area contributed by atoms with Gasteiger partial charge in [0, 0.05) is 5.75 Å². The van der Waals surface area contributed by atoms with Crippen LogP contribution in [-0.4, -0.2) is 38.9 Å². The number of rotatable bonds is 3. The van der Waals surface area contributed by atoms with Gasteiger partial charge < -0.3 is 20.4 Å². The molecule has 0 aliphatic carbocycles. The van der Waals surface area contributed by atoms with E-state index in [1.54, 1.807) is 0 Å². The number of carboxylic acid groups (broad SMARTS) is 2. The predicted molar refractivity (Wildman–Crippen MR) is 52.9 cm³/mol. The molecule has 0 amide bonds. The molecular formula is C7H10N2O5S. The quantitative estimate of drug-likeness (QED) is 0.529. The minimum absolute atomic E-state index is 0.190. The Balaban J connectivity index is 0.000000265. The van der Waals surface area contributed by atoms with E-state index >= 15 is 0 Å². The van der Waals surface area contributed by atoms with E-state index in [0.29, 0.717) is 0 Å². The highest BCUT2D eigenvalue weighted by atomic mass is 32.1. The predicted octanol–water partition coefficient (Wildman–Crippen LogP) is -0.299. The molecule has 0 saturated carbocycles. The summed E-state index contributed by atoms with van der Waals surface area (Å²) < 4.78 is 4.38. The highest BCUT2D eigenvalue weighted by molar-refractivity contribution is 7.80. The van der Waals surface area contributed by atoms with Crippen LogP contribution in [0.15, 0.2) is 16.9 Å². The van der Waals surface area contributed by atoms with E-state index in [-0.39, 0.29) is 11.6 Å². The number of hydrogen-bond donors (Lipinski definition) is 4. The van der Waals surface area contributed by atoms with E-state index in [0.717, 1.165) is 0 Å². The summed E-state index contributed by atoms with van der Waals surface area (Å²) in [5, 5.41) is 16.1. The summed E-state index contributed by atoms with van der Waals surface area (Å²) in [6.45, 7) is 0. The van der Waals surface area contributed by atoms with Gasteiger partial charge in [0.25, 0.3) is 0 Å². The van der Waals surface area contributed by atoms with Crippen LogP contribution < -0.4 is 5.73 Å². The molecule has 0 radical (unpaired) electrons. The Labute approximate surface area is 90.3 Å². The molecule has 0 spiro atoms. The van der Waals surface area contributed by atoms with E-state index in [9.17, 15) is 9.59 Å². The van der Waals surface area contributed by atoms with Gasteiger partial charge in [-0.3, -0.25) is 4.79 Å². The van der Waals surface area contributed by atoms with Gasteiger partial charge >= 0.3 is 17.8 Å². The summed E-state index contributed by atoms with van der Waals surface area (Å²) in [6, 6.07) is -0.816. The number of aromatic nitrogens is 1. The molecule has 7 nitrogen and oxygen atoms in total. The molecule has 15 heavy (non-hydrogen) atoms. The Morgan fingerprint density at radius 3 is 2.33 bits per heavy atom. The van der Waals surface area contributed by atoms with Crippen molar-refractivity contribution >= 4 is 24.6 Å². The standard InChI is InChI=1S/C4H3NO3.C3H7NO2S/c6-4(7)3-5-1-2-8-3;4-2(1-7)3(5)6/h1-2H,(H,6,7);2,7H,1,4H2,(H,5,6)/t;2-/m.0/s1. The molecule has 0 bridgehead atoms. The average molecular weight is 234 g/mol. The van der Waals surface area contributed by atoms with Crippen LogP contribution >= 0.6 is 12.6 Å². The third kappa shape index (κ3) is 5.70. The van der Waals surface area contributed by atoms with Crippen molar-refractivity contribution < 1.29 is 24.2 Å². The maximum atomic E-state index is 9.91. The maximum absolute atomic E-state index is 9.91. The van der Waals surface area contributed by atoms with Crippen molar-refractivity contribution in [2.75, 3.05) is 5.75 Å². The first-order valence-corrected chi connectivity index (χ1v) is 4.34. The number of aromatic carboxylic acids is 1. The summed E-state index contributed by atoms with van der Waals surface area (Å²) in [5.41, 5.74) is 4.94. The van der Waals surface area contributed by atoms with Crippen LogP contribution in [0, 0.1) is 0 Å². The van der Waals surface area contributed by atoms with E-state index in [4.69, 9.17) is 15.9 Å². The van der Waals surface area contributed by atoms with Gasteiger partial charge in [-0.1, -0.05) is 0 Å². The second-order valence-electron chi connectivity index (χ2n) is 2.27.